The van der Waals surface area contributed by atoms with E-state index in [1.165, 1.54) is 0 Å². The van der Waals surface area contributed by atoms with E-state index in [0.29, 0.717) is 17.2 Å². The second-order valence-electron chi connectivity index (χ2n) is 6.75. The molecule has 6 nitrogen and oxygen atoms in total. The highest BCUT2D eigenvalue weighted by molar-refractivity contribution is 7.18. The van der Waals surface area contributed by atoms with Gasteiger partial charge in [-0.25, -0.2) is 4.79 Å². The normalized spacial score (nSPS) is 12.7. The molecule has 1 aromatic heterocycles. The molecule has 0 fully saturated rings. The lowest BCUT2D eigenvalue weighted by Gasteiger charge is -2.19. The van der Waals surface area contributed by atoms with Gasteiger partial charge in [0.25, 0.3) is 0 Å². The molecule has 0 radical (unpaired) electrons. The minimum atomic E-state index is -1.13. The topological polar surface area (TPSA) is 91.0 Å². The highest BCUT2D eigenvalue weighted by Gasteiger charge is 2.28. The average molecular weight is 414 g/mol. The summed E-state index contributed by atoms with van der Waals surface area (Å²) in [6.07, 6.45) is -1.13. The molecule has 0 aliphatic rings. The van der Waals surface area contributed by atoms with Crippen LogP contribution in [-0.4, -0.2) is 36.2 Å². The van der Waals surface area contributed by atoms with E-state index >= 15 is 0 Å². The van der Waals surface area contributed by atoms with Crippen LogP contribution in [0.1, 0.15) is 37.4 Å². The first-order valence-corrected chi connectivity index (χ1v) is 9.65. The van der Waals surface area contributed by atoms with Crippen LogP contribution in [0.15, 0.2) is 24.3 Å². The van der Waals surface area contributed by atoms with Crippen molar-refractivity contribution < 1.29 is 24.1 Å². The maximum atomic E-state index is 12.6. The molecule has 0 bridgehead atoms. The molecule has 0 aliphatic carbocycles. The number of anilines is 1. The fourth-order valence-electron chi connectivity index (χ4n) is 2.24. The minimum Gasteiger partial charge on any atom is -0.485 e. The molecular weight excluding hydrogens is 390 g/mol. The molecule has 2 rings (SSSR count). The monoisotopic (exact) mass is 413 g/mol. The van der Waals surface area contributed by atoms with Crippen molar-refractivity contribution in [2.75, 3.05) is 18.9 Å². The SMILES string of the molecule is CCOC(O)COc1c(C(=O)OC(C)(C)C)sc(-c2cccc(N)c2)c1Cl. The summed E-state index contributed by atoms with van der Waals surface area (Å²) in [6, 6.07) is 7.16. The standard InChI is InChI=1S/C19H24ClNO5S/c1-5-24-13(22)10-25-15-14(20)16(11-7-6-8-12(21)9-11)27-17(15)18(23)26-19(2,3)4/h6-9,13,22H,5,10,21H2,1-4H3. The lowest BCUT2D eigenvalue weighted by Crippen LogP contribution is -2.24. The molecule has 0 amide bonds. The van der Waals surface area contributed by atoms with Crippen molar-refractivity contribution >= 4 is 34.6 Å². The van der Waals surface area contributed by atoms with E-state index in [9.17, 15) is 9.90 Å². The van der Waals surface area contributed by atoms with Gasteiger partial charge in [-0.2, -0.15) is 0 Å². The molecule has 3 N–H and O–H groups in total. The Morgan fingerprint density at radius 2 is 2.07 bits per heavy atom. The number of carbonyl (C=O) groups is 1. The summed E-state index contributed by atoms with van der Waals surface area (Å²) in [5, 5.41) is 10.0. The van der Waals surface area contributed by atoms with E-state index in [2.05, 4.69) is 0 Å². The van der Waals surface area contributed by atoms with Crippen LogP contribution in [0, 0.1) is 0 Å². The number of ether oxygens (including phenoxy) is 3. The number of rotatable bonds is 7. The van der Waals surface area contributed by atoms with Gasteiger partial charge in [-0.3, -0.25) is 0 Å². The first-order chi connectivity index (χ1) is 12.6. The summed E-state index contributed by atoms with van der Waals surface area (Å²) in [6.45, 7) is 7.24. The predicted octanol–water partition coefficient (Wildman–Crippen LogP) is 4.34. The zero-order valence-electron chi connectivity index (χ0n) is 15.7. The molecule has 27 heavy (non-hydrogen) atoms. The molecule has 0 aliphatic heterocycles. The van der Waals surface area contributed by atoms with Gasteiger partial charge in [-0.05, 0) is 45.4 Å². The number of nitrogens with two attached hydrogens (primary N) is 1. The second kappa shape index (κ2) is 8.93. The Hall–Kier alpha value is -1.80. The van der Waals surface area contributed by atoms with Gasteiger partial charge in [-0.1, -0.05) is 23.7 Å². The molecule has 0 spiro atoms. The zero-order chi connectivity index (χ0) is 20.2. The fraction of sp³-hybridized carbons (Fsp3) is 0.421. The van der Waals surface area contributed by atoms with E-state index in [0.717, 1.165) is 16.9 Å². The lowest BCUT2D eigenvalue weighted by atomic mass is 10.1. The number of hydrogen-bond acceptors (Lipinski definition) is 7. The summed E-state index contributed by atoms with van der Waals surface area (Å²) in [5.41, 5.74) is 6.51. The van der Waals surface area contributed by atoms with Gasteiger partial charge in [0.2, 0.25) is 0 Å². The average Bonchev–Trinajstić information content (AvgIpc) is 2.88. The van der Waals surface area contributed by atoms with Gasteiger partial charge < -0.3 is 25.1 Å². The number of halogens is 1. The third kappa shape index (κ3) is 5.84. The van der Waals surface area contributed by atoms with Crippen LogP contribution in [0.4, 0.5) is 5.69 Å². The van der Waals surface area contributed by atoms with Gasteiger partial charge in [0.05, 0.1) is 4.88 Å². The van der Waals surface area contributed by atoms with Crippen molar-refractivity contribution in [1.29, 1.82) is 0 Å². The van der Waals surface area contributed by atoms with Crippen LogP contribution in [0.2, 0.25) is 5.02 Å². The maximum Gasteiger partial charge on any atom is 0.352 e. The maximum absolute atomic E-state index is 12.6. The molecule has 0 saturated carbocycles. The van der Waals surface area contributed by atoms with E-state index in [1.807, 2.05) is 6.07 Å². The third-order valence-corrected chi connectivity index (χ3v) is 4.94. The number of benzene rings is 1. The Morgan fingerprint density at radius 1 is 1.37 bits per heavy atom. The van der Waals surface area contributed by atoms with Crippen molar-refractivity contribution in [3.05, 3.63) is 34.2 Å². The lowest BCUT2D eigenvalue weighted by molar-refractivity contribution is -0.115. The van der Waals surface area contributed by atoms with Crippen LogP contribution in [0.25, 0.3) is 10.4 Å². The Morgan fingerprint density at radius 3 is 2.67 bits per heavy atom. The molecule has 148 valence electrons. The molecule has 1 atom stereocenters. The third-order valence-electron chi connectivity index (χ3n) is 3.27. The summed E-state index contributed by atoms with van der Waals surface area (Å²) >= 11 is 7.66. The van der Waals surface area contributed by atoms with Gasteiger partial charge in [0.1, 0.15) is 17.2 Å². The number of carbonyl (C=O) groups excluding carboxylic acids is 1. The van der Waals surface area contributed by atoms with E-state index < -0.39 is 17.9 Å². The van der Waals surface area contributed by atoms with Crippen molar-refractivity contribution in [1.82, 2.24) is 0 Å². The number of esters is 1. The van der Waals surface area contributed by atoms with E-state index in [4.69, 9.17) is 31.5 Å². The van der Waals surface area contributed by atoms with Crippen molar-refractivity contribution in [3.8, 4) is 16.2 Å². The number of aliphatic hydroxyl groups excluding tert-OH is 1. The fourth-order valence-corrected chi connectivity index (χ4v) is 3.68. The second-order valence-corrected chi connectivity index (χ2v) is 8.15. The highest BCUT2D eigenvalue weighted by Crippen LogP contribution is 2.46. The molecule has 2 aromatic rings. The molecular formula is C19H24ClNO5S. The zero-order valence-corrected chi connectivity index (χ0v) is 17.3. The molecule has 1 unspecified atom stereocenters. The summed E-state index contributed by atoms with van der Waals surface area (Å²) in [5.74, 6) is -0.391. The van der Waals surface area contributed by atoms with Crippen LogP contribution in [0.5, 0.6) is 5.75 Å². The van der Waals surface area contributed by atoms with Crippen molar-refractivity contribution in [3.63, 3.8) is 0 Å². The molecule has 1 aromatic carbocycles. The van der Waals surface area contributed by atoms with Crippen LogP contribution < -0.4 is 10.5 Å². The Bertz CT molecular complexity index is 800. The first-order valence-electron chi connectivity index (χ1n) is 8.46. The number of hydrogen-bond donors (Lipinski definition) is 2. The van der Waals surface area contributed by atoms with Crippen LogP contribution in [-0.2, 0) is 9.47 Å². The van der Waals surface area contributed by atoms with Crippen LogP contribution in [0.3, 0.4) is 0 Å². The predicted molar refractivity (Wildman–Crippen MR) is 107 cm³/mol. The number of aliphatic hydroxyl groups is 1. The molecule has 1 heterocycles. The Balaban J connectivity index is 2.42. The highest BCUT2D eigenvalue weighted by atomic mass is 35.5. The summed E-state index contributed by atoms with van der Waals surface area (Å²) < 4.78 is 16.1. The van der Waals surface area contributed by atoms with Gasteiger partial charge in [0, 0.05) is 12.3 Å². The minimum absolute atomic E-state index is 0.159. The largest absolute Gasteiger partial charge is 0.485 e. The van der Waals surface area contributed by atoms with Crippen molar-refractivity contribution in [2.45, 2.75) is 39.6 Å². The van der Waals surface area contributed by atoms with Gasteiger partial charge in [-0.15, -0.1) is 11.3 Å². The van der Waals surface area contributed by atoms with Crippen molar-refractivity contribution in [2.24, 2.45) is 0 Å². The molecule has 0 saturated heterocycles. The summed E-state index contributed by atoms with van der Waals surface area (Å²) in [7, 11) is 0. The van der Waals surface area contributed by atoms with Gasteiger partial charge >= 0.3 is 5.97 Å². The smallest absolute Gasteiger partial charge is 0.352 e. The number of thiophene rings is 1. The molecule has 8 heteroatoms. The first kappa shape index (κ1) is 21.5. The Labute approximate surface area is 167 Å². The summed E-state index contributed by atoms with van der Waals surface area (Å²) in [4.78, 5) is 13.5. The van der Waals surface area contributed by atoms with E-state index in [-0.39, 0.29) is 22.3 Å². The van der Waals surface area contributed by atoms with Crippen LogP contribution >= 0.6 is 22.9 Å². The number of nitrogen functional groups attached to an aromatic ring is 1. The van der Waals surface area contributed by atoms with Gasteiger partial charge in [0.15, 0.2) is 16.9 Å². The Kier molecular flexibility index (Phi) is 7.11. The quantitative estimate of drug-likeness (QED) is 0.398. The van der Waals surface area contributed by atoms with E-state index in [1.54, 1.807) is 45.9 Å².